The molecule has 0 amide bonds. The van der Waals surface area contributed by atoms with Crippen LogP contribution in [-0.4, -0.2) is 18.0 Å². The third-order valence-electron chi connectivity index (χ3n) is 3.59. The Labute approximate surface area is 106 Å². The molecule has 0 N–H and O–H groups in total. The molecular formula is C15H16O3. The van der Waals surface area contributed by atoms with E-state index in [1.807, 2.05) is 38.1 Å². The quantitative estimate of drug-likeness (QED) is 0.759. The molecule has 2 aromatic rings. The normalized spacial score (nSPS) is 23.7. The average molecular weight is 244 g/mol. The summed E-state index contributed by atoms with van der Waals surface area (Å²) >= 11 is 0. The zero-order chi connectivity index (χ0) is 12.8. The summed E-state index contributed by atoms with van der Waals surface area (Å²) in [4.78, 5) is 12.4. The fraction of sp³-hybridized carbons (Fsp3) is 0.400. The number of rotatable bonds is 2. The maximum atomic E-state index is 12.4. The molecule has 1 saturated heterocycles. The van der Waals surface area contributed by atoms with Gasteiger partial charge in [0.25, 0.3) is 0 Å². The molecule has 1 aromatic carbocycles. The molecule has 1 aliphatic rings. The van der Waals surface area contributed by atoms with E-state index in [0.717, 1.165) is 29.4 Å². The summed E-state index contributed by atoms with van der Waals surface area (Å²) < 4.78 is 11.2. The minimum absolute atomic E-state index is 0.0474. The molecule has 0 radical (unpaired) electrons. The van der Waals surface area contributed by atoms with E-state index in [1.54, 1.807) is 0 Å². The van der Waals surface area contributed by atoms with E-state index in [4.69, 9.17) is 9.15 Å². The number of carbonyl (C=O) groups is 1. The number of furan rings is 1. The smallest absolute Gasteiger partial charge is 0.229 e. The molecule has 1 fully saturated rings. The van der Waals surface area contributed by atoms with Crippen LogP contribution >= 0.6 is 0 Å². The van der Waals surface area contributed by atoms with Crippen molar-refractivity contribution in [2.75, 3.05) is 6.61 Å². The van der Waals surface area contributed by atoms with E-state index in [9.17, 15) is 4.79 Å². The molecule has 1 aliphatic heterocycles. The second kappa shape index (κ2) is 3.95. The van der Waals surface area contributed by atoms with Crippen LogP contribution in [0.5, 0.6) is 0 Å². The van der Waals surface area contributed by atoms with Crippen LogP contribution in [0.2, 0.25) is 0 Å². The van der Waals surface area contributed by atoms with Gasteiger partial charge in [0.1, 0.15) is 11.2 Å². The van der Waals surface area contributed by atoms with Crippen LogP contribution in [0, 0.1) is 6.92 Å². The second-order valence-corrected chi connectivity index (χ2v) is 5.16. The van der Waals surface area contributed by atoms with E-state index < -0.39 is 5.60 Å². The average Bonchev–Trinajstić information content (AvgIpc) is 2.94. The van der Waals surface area contributed by atoms with E-state index in [2.05, 4.69) is 0 Å². The van der Waals surface area contributed by atoms with E-state index in [0.29, 0.717) is 12.4 Å². The highest BCUT2D eigenvalue weighted by Gasteiger charge is 2.39. The molecule has 1 unspecified atom stereocenters. The molecule has 0 aliphatic carbocycles. The fourth-order valence-corrected chi connectivity index (χ4v) is 2.49. The monoisotopic (exact) mass is 244 g/mol. The number of carbonyl (C=O) groups excluding carboxylic acids is 1. The summed E-state index contributed by atoms with van der Waals surface area (Å²) in [6, 6.07) is 7.72. The van der Waals surface area contributed by atoms with Crippen molar-refractivity contribution in [3.8, 4) is 0 Å². The number of ketones is 1. The van der Waals surface area contributed by atoms with Gasteiger partial charge in [0.05, 0.1) is 0 Å². The van der Waals surface area contributed by atoms with Gasteiger partial charge in [-0.1, -0.05) is 11.6 Å². The Hall–Kier alpha value is -1.61. The number of hydrogen-bond donors (Lipinski definition) is 0. The lowest BCUT2D eigenvalue weighted by Gasteiger charge is -2.19. The lowest BCUT2D eigenvalue weighted by Crippen LogP contribution is -2.33. The first-order valence-corrected chi connectivity index (χ1v) is 6.27. The third kappa shape index (κ3) is 1.75. The molecule has 3 nitrogen and oxygen atoms in total. The van der Waals surface area contributed by atoms with E-state index in [-0.39, 0.29) is 5.78 Å². The van der Waals surface area contributed by atoms with Crippen molar-refractivity contribution in [2.24, 2.45) is 0 Å². The largest absolute Gasteiger partial charge is 0.453 e. The number of Topliss-reactive ketones (excluding diaryl/α,β-unsaturated/α-hetero) is 1. The van der Waals surface area contributed by atoms with E-state index in [1.165, 1.54) is 0 Å². The molecule has 94 valence electrons. The first kappa shape index (κ1) is 11.5. The second-order valence-electron chi connectivity index (χ2n) is 5.16. The van der Waals surface area contributed by atoms with Crippen molar-refractivity contribution < 1.29 is 13.9 Å². The molecule has 3 heteroatoms. The summed E-state index contributed by atoms with van der Waals surface area (Å²) in [5.41, 5.74) is 1.21. The molecule has 3 rings (SSSR count). The van der Waals surface area contributed by atoms with Crippen LogP contribution in [0.3, 0.4) is 0 Å². The molecule has 2 heterocycles. The highest BCUT2D eigenvalue weighted by molar-refractivity contribution is 6.03. The fourth-order valence-electron chi connectivity index (χ4n) is 2.49. The Bertz CT molecular complexity index is 603. The molecular weight excluding hydrogens is 228 g/mol. The lowest BCUT2D eigenvalue weighted by molar-refractivity contribution is 0.0192. The van der Waals surface area contributed by atoms with Gasteiger partial charge in [-0.3, -0.25) is 4.79 Å². The van der Waals surface area contributed by atoms with Gasteiger partial charge >= 0.3 is 0 Å². The molecule has 0 bridgehead atoms. The Morgan fingerprint density at radius 1 is 1.33 bits per heavy atom. The summed E-state index contributed by atoms with van der Waals surface area (Å²) in [6.45, 7) is 4.53. The predicted molar refractivity (Wildman–Crippen MR) is 68.9 cm³/mol. The van der Waals surface area contributed by atoms with Crippen molar-refractivity contribution >= 4 is 16.8 Å². The van der Waals surface area contributed by atoms with Crippen LogP contribution in [0.25, 0.3) is 11.0 Å². The minimum atomic E-state index is -0.705. The SMILES string of the molecule is Cc1ccc2oc(C(=O)C3(C)CCCO3)cc2c1. The predicted octanol–water partition coefficient (Wildman–Crippen LogP) is 3.49. The Morgan fingerprint density at radius 3 is 2.89 bits per heavy atom. The van der Waals surface area contributed by atoms with Crippen molar-refractivity contribution in [1.29, 1.82) is 0 Å². The minimum Gasteiger partial charge on any atom is -0.453 e. The number of fused-ring (bicyclic) bond motifs is 1. The molecule has 18 heavy (non-hydrogen) atoms. The maximum Gasteiger partial charge on any atom is 0.229 e. The van der Waals surface area contributed by atoms with Gasteiger partial charge in [0, 0.05) is 12.0 Å². The first-order chi connectivity index (χ1) is 8.58. The number of ether oxygens (including phenoxy) is 1. The van der Waals surface area contributed by atoms with Crippen molar-refractivity contribution in [3.63, 3.8) is 0 Å². The van der Waals surface area contributed by atoms with Crippen LogP contribution in [0.15, 0.2) is 28.7 Å². The molecule has 0 spiro atoms. The van der Waals surface area contributed by atoms with Gasteiger partial charge in [0.2, 0.25) is 5.78 Å². The number of aryl methyl sites for hydroxylation is 1. The van der Waals surface area contributed by atoms with Gasteiger partial charge < -0.3 is 9.15 Å². The van der Waals surface area contributed by atoms with Crippen LogP contribution in [0.4, 0.5) is 0 Å². The van der Waals surface area contributed by atoms with Gasteiger partial charge in [-0.15, -0.1) is 0 Å². The summed E-state index contributed by atoms with van der Waals surface area (Å²) in [5.74, 6) is 0.355. The summed E-state index contributed by atoms with van der Waals surface area (Å²) in [6.07, 6.45) is 1.70. The zero-order valence-corrected chi connectivity index (χ0v) is 10.7. The van der Waals surface area contributed by atoms with Gasteiger partial charge in [-0.25, -0.2) is 0 Å². The van der Waals surface area contributed by atoms with Crippen LogP contribution < -0.4 is 0 Å². The van der Waals surface area contributed by atoms with Crippen LogP contribution in [0.1, 0.15) is 35.9 Å². The van der Waals surface area contributed by atoms with Crippen molar-refractivity contribution in [2.45, 2.75) is 32.3 Å². The highest BCUT2D eigenvalue weighted by atomic mass is 16.5. The Morgan fingerprint density at radius 2 is 2.17 bits per heavy atom. The summed E-state index contributed by atoms with van der Waals surface area (Å²) in [5, 5.41) is 0.972. The van der Waals surface area contributed by atoms with E-state index >= 15 is 0 Å². The first-order valence-electron chi connectivity index (χ1n) is 6.27. The van der Waals surface area contributed by atoms with Crippen LogP contribution in [-0.2, 0) is 4.74 Å². The topological polar surface area (TPSA) is 39.4 Å². The standard InChI is InChI=1S/C15H16O3/c1-10-4-5-12-11(8-10)9-13(18-12)14(16)15(2)6-3-7-17-15/h4-5,8-9H,3,6-7H2,1-2H3. The third-order valence-corrected chi connectivity index (χ3v) is 3.59. The van der Waals surface area contributed by atoms with Crippen molar-refractivity contribution in [3.05, 3.63) is 35.6 Å². The van der Waals surface area contributed by atoms with Crippen molar-refractivity contribution in [1.82, 2.24) is 0 Å². The molecule has 1 aromatic heterocycles. The summed E-state index contributed by atoms with van der Waals surface area (Å²) in [7, 11) is 0. The van der Waals surface area contributed by atoms with Gasteiger partial charge in [-0.05, 0) is 44.9 Å². The zero-order valence-electron chi connectivity index (χ0n) is 10.7. The number of hydrogen-bond acceptors (Lipinski definition) is 3. The van der Waals surface area contributed by atoms with Gasteiger partial charge in [0.15, 0.2) is 5.76 Å². The van der Waals surface area contributed by atoms with Gasteiger partial charge in [-0.2, -0.15) is 0 Å². The number of benzene rings is 1. The Kier molecular flexibility index (Phi) is 2.52. The maximum absolute atomic E-state index is 12.4. The lowest BCUT2D eigenvalue weighted by atomic mass is 9.95. The molecule has 0 saturated carbocycles. The molecule has 1 atom stereocenters. The highest BCUT2D eigenvalue weighted by Crippen LogP contribution is 2.31. The Balaban J connectivity index is 2.01.